The zero-order valence-corrected chi connectivity index (χ0v) is 13.5. The minimum absolute atomic E-state index is 0.253. The number of rotatable bonds is 6. The van der Waals surface area contributed by atoms with E-state index >= 15 is 0 Å². The lowest BCUT2D eigenvalue weighted by Gasteiger charge is -2.20. The number of benzene rings is 1. The van der Waals surface area contributed by atoms with Crippen LogP contribution in [0.15, 0.2) is 24.3 Å². The second-order valence-electron chi connectivity index (χ2n) is 4.19. The van der Waals surface area contributed by atoms with E-state index in [1.165, 1.54) is 11.3 Å². The summed E-state index contributed by atoms with van der Waals surface area (Å²) >= 11 is 7.46. The number of ether oxygens (including phenoxy) is 3. The van der Waals surface area contributed by atoms with Gasteiger partial charge in [0.1, 0.15) is 5.75 Å². The quantitative estimate of drug-likeness (QED) is 0.630. The van der Waals surface area contributed by atoms with Gasteiger partial charge in [-0.25, -0.2) is 5.43 Å². The molecule has 0 aliphatic heterocycles. The van der Waals surface area contributed by atoms with E-state index in [9.17, 15) is 0 Å². The largest absolute Gasteiger partial charge is 0.496 e. The molecule has 21 heavy (non-hydrogen) atoms. The fourth-order valence-corrected chi connectivity index (χ4v) is 3.23. The summed E-state index contributed by atoms with van der Waals surface area (Å²) in [7, 11) is 4.76. The molecule has 1 aromatic carbocycles. The summed E-state index contributed by atoms with van der Waals surface area (Å²) in [4.78, 5) is 0.980. The predicted molar refractivity (Wildman–Crippen MR) is 84.6 cm³/mol. The Balaban J connectivity index is 2.54. The molecule has 0 aliphatic rings. The first-order valence-electron chi connectivity index (χ1n) is 6.15. The number of nitrogens with one attached hydrogen (secondary N) is 1. The normalized spacial score (nSPS) is 12.0. The molecule has 0 spiro atoms. The number of methoxy groups -OCH3 is 3. The van der Waals surface area contributed by atoms with Crippen LogP contribution in [0.25, 0.3) is 0 Å². The maximum absolute atomic E-state index is 6.00. The van der Waals surface area contributed by atoms with Crippen molar-refractivity contribution in [1.29, 1.82) is 0 Å². The van der Waals surface area contributed by atoms with Gasteiger partial charge >= 0.3 is 0 Å². The molecule has 0 bridgehead atoms. The first-order valence-corrected chi connectivity index (χ1v) is 7.35. The Morgan fingerprint density at radius 3 is 2.14 bits per heavy atom. The highest BCUT2D eigenvalue weighted by Gasteiger charge is 2.22. The third-order valence-corrected chi connectivity index (χ3v) is 4.39. The Hall–Kier alpha value is -1.47. The van der Waals surface area contributed by atoms with Gasteiger partial charge in [-0.3, -0.25) is 5.84 Å². The smallest absolute Gasteiger partial charge is 0.164 e. The number of hydrazine groups is 1. The third kappa shape index (κ3) is 3.24. The maximum Gasteiger partial charge on any atom is 0.164 e. The van der Waals surface area contributed by atoms with E-state index in [4.69, 9.17) is 31.7 Å². The molecular formula is C14H17ClN2O3S. The monoisotopic (exact) mass is 328 g/mol. The molecule has 0 saturated carbocycles. The van der Waals surface area contributed by atoms with Crippen molar-refractivity contribution in [3.8, 4) is 17.2 Å². The van der Waals surface area contributed by atoms with E-state index in [1.54, 1.807) is 27.4 Å². The number of hydrogen-bond donors (Lipinski definition) is 2. The molecule has 5 nitrogen and oxygen atoms in total. The minimum Gasteiger partial charge on any atom is -0.496 e. The van der Waals surface area contributed by atoms with Gasteiger partial charge in [0.15, 0.2) is 11.5 Å². The molecule has 2 aromatic rings. The van der Waals surface area contributed by atoms with Gasteiger partial charge in [0.25, 0.3) is 0 Å². The van der Waals surface area contributed by atoms with Gasteiger partial charge < -0.3 is 14.2 Å². The number of halogens is 1. The summed E-state index contributed by atoms with van der Waals surface area (Å²) in [5.74, 6) is 7.57. The average molecular weight is 329 g/mol. The predicted octanol–water partition coefficient (Wildman–Crippen LogP) is 2.98. The lowest BCUT2D eigenvalue weighted by atomic mass is 10.0. The highest BCUT2D eigenvalue weighted by atomic mass is 35.5. The topological polar surface area (TPSA) is 65.7 Å². The van der Waals surface area contributed by atoms with Crippen molar-refractivity contribution in [2.75, 3.05) is 21.3 Å². The molecule has 7 heteroatoms. The van der Waals surface area contributed by atoms with Crippen LogP contribution in [0.1, 0.15) is 16.5 Å². The molecule has 1 atom stereocenters. The molecule has 0 amide bonds. The standard InChI is InChI=1S/C14H17ClN2O3S/c1-18-9-7-11(20-3)10(19-2)6-8(9)14(17-16)12-4-5-13(15)21-12/h4-7,14,17H,16H2,1-3H3. The SMILES string of the molecule is COc1cc(OC)c(C(NN)c2ccc(Cl)s2)cc1OC. The summed E-state index contributed by atoms with van der Waals surface area (Å²) in [6, 6.07) is 7.12. The summed E-state index contributed by atoms with van der Waals surface area (Å²) in [6.45, 7) is 0. The molecule has 1 aromatic heterocycles. The van der Waals surface area contributed by atoms with Crippen LogP contribution in [0, 0.1) is 0 Å². The number of nitrogens with two attached hydrogens (primary N) is 1. The van der Waals surface area contributed by atoms with E-state index < -0.39 is 0 Å². The minimum atomic E-state index is -0.253. The van der Waals surface area contributed by atoms with Crippen LogP contribution in [-0.4, -0.2) is 21.3 Å². The van der Waals surface area contributed by atoms with E-state index in [1.807, 2.05) is 18.2 Å². The first kappa shape index (κ1) is 15.9. The fraction of sp³-hybridized carbons (Fsp3) is 0.286. The number of hydrogen-bond acceptors (Lipinski definition) is 6. The van der Waals surface area contributed by atoms with Crippen LogP contribution in [-0.2, 0) is 0 Å². The molecule has 0 fully saturated rings. The third-order valence-electron chi connectivity index (χ3n) is 3.09. The zero-order valence-electron chi connectivity index (χ0n) is 12.0. The number of thiophene rings is 1. The van der Waals surface area contributed by atoms with Gasteiger partial charge in [0.2, 0.25) is 0 Å². The zero-order chi connectivity index (χ0) is 15.4. The maximum atomic E-state index is 6.00. The highest BCUT2D eigenvalue weighted by Crippen LogP contribution is 2.40. The van der Waals surface area contributed by atoms with E-state index in [0.29, 0.717) is 21.6 Å². The lowest BCUT2D eigenvalue weighted by Crippen LogP contribution is -2.28. The molecule has 0 saturated heterocycles. The Morgan fingerprint density at radius 2 is 1.67 bits per heavy atom. The molecular weight excluding hydrogens is 312 g/mol. The van der Waals surface area contributed by atoms with Crippen molar-refractivity contribution in [3.05, 3.63) is 39.0 Å². The first-order chi connectivity index (χ1) is 10.1. The molecule has 1 heterocycles. The van der Waals surface area contributed by atoms with Crippen LogP contribution in [0.5, 0.6) is 17.2 Å². The van der Waals surface area contributed by atoms with Gasteiger partial charge in [0, 0.05) is 16.5 Å². The van der Waals surface area contributed by atoms with Crippen molar-refractivity contribution >= 4 is 22.9 Å². The van der Waals surface area contributed by atoms with Crippen LogP contribution in [0.4, 0.5) is 0 Å². The van der Waals surface area contributed by atoms with Gasteiger partial charge in [-0.15, -0.1) is 11.3 Å². The Morgan fingerprint density at radius 1 is 1.05 bits per heavy atom. The van der Waals surface area contributed by atoms with Crippen molar-refractivity contribution in [1.82, 2.24) is 5.43 Å². The average Bonchev–Trinajstić information content (AvgIpc) is 2.93. The fourth-order valence-electron chi connectivity index (χ4n) is 2.09. The van der Waals surface area contributed by atoms with Crippen molar-refractivity contribution in [3.63, 3.8) is 0 Å². The molecule has 0 radical (unpaired) electrons. The molecule has 2 rings (SSSR count). The molecule has 1 unspecified atom stereocenters. The van der Waals surface area contributed by atoms with Crippen molar-refractivity contribution in [2.24, 2.45) is 5.84 Å². The Kier molecular flexibility index (Phi) is 5.30. The molecule has 0 aliphatic carbocycles. The van der Waals surface area contributed by atoms with Crippen LogP contribution >= 0.6 is 22.9 Å². The summed E-state index contributed by atoms with van der Waals surface area (Å²) in [5, 5.41) is 0. The second kappa shape index (κ2) is 7.00. The van der Waals surface area contributed by atoms with E-state index in [-0.39, 0.29) is 6.04 Å². The summed E-state index contributed by atoms with van der Waals surface area (Å²) < 4.78 is 16.8. The molecule has 3 N–H and O–H groups in total. The van der Waals surface area contributed by atoms with Crippen LogP contribution in [0.3, 0.4) is 0 Å². The highest BCUT2D eigenvalue weighted by molar-refractivity contribution is 7.16. The second-order valence-corrected chi connectivity index (χ2v) is 5.94. The van der Waals surface area contributed by atoms with Crippen LogP contribution in [0.2, 0.25) is 4.34 Å². The van der Waals surface area contributed by atoms with Gasteiger partial charge in [-0.1, -0.05) is 11.6 Å². The summed E-state index contributed by atoms with van der Waals surface area (Å²) in [5.41, 5.74) is 3.63. The Labute approximate surface area is 132 Å². The van der Waals surface area contributed by atoms with Crippen molar-refractivity contribution < 1.29 is 14.2 Å². The van der Waals surface area contributed by atoms with Gasteiger partial charge in [-0.05, 0) is 18.2 Å². The Bertz CT molecular complexity index is 618. The van der Waals surface area contributed by atoms with Gasteiger partial charge in [0.05, 0.1) is 31.7 Å². The van der Waals surface area contributed by atoms with Crippen LogP contribution < -0.4 is 25.5 Å². The molecule has 114 valence electrons. The van der Waals surface area contributed by atoms with Gasteiger partial charge in [-0.2, -0.15) is 0 Å². The lowest BCUT2D eigenvalue weighted by molar-refractivity contribution is 0.346. The van der Waals surface area contributed by atoms with E-state index in [0.717, 1.165) is 10.4 Å². The van der Waals surface area contributed by atoms with Crippen molar-refractivity contribution in [2.45, 2.75) is 6.04 Å². The summed E-state index contributed by atoms with van der Waals surface area (Å²) in [6.07, 6.45) is 0. The van der Waals surface area contributed by atoms with E-state index in [2.05, 4.69) is 5.43 Å².